The first-order valence-corrected chi connectivity index (χ1v) is 13.3. The van der Waals surface area contributed by atoms with Crippen molar-refractivity contribution < 1.29 is 28.2 Å². The van der Waals surface area contributed by atoms with Crippen LogP contribution in [0.5, 0.6) is 23.0 Å². The number of methoxy groups -OCH3 is 3. The Morgan fingerprint density at radius 2 is 1.70 bits per heavy atom. The number of ether oxygens (including phenoxy) is 4. The zero-order valence-electron chi connectivity index (χ0n) is 23.2. The molecule has 8 heteroatoms. The minimum absolute atomic E-state index is 0.0145. The fourth-order valence-electron chi connectivity index (χ4n) is 5.08. The molecular weight excluding hydrogens is 510 g/mol. The van der Waals surface area contributed by atoms with Crippen molar-refractivity contribution in [3.63, 3.8) is 0 Å². The maximum Gasteiger partial charge on any atom is 0.340 e. The van der Waals surface area contributed by atoms with Gasteiger partial charge >= 0.3 is 5.63 Å². The minimum atomic E-state index is -0.607. The summed E-state index contributed by atoms with van der Waals surface area (Å²) in [5.41, 5.74) is 3.19. The molecule has 40 heavy (non-hydrogen) atoms. The Balaban J connectivity index is 1.49. The maximum atomic E-state index is 13.4. The van der Waals surface area contributed by atoms with Gasteiger partial charge in [-0.3, -0.25) is 4.79 Å². The third-order valence-corrected chi connectivity index (χ3v) is 7.17. The van der Waals surface area contributed by atoms with Crippen LogP contribution in [0.2, 0.25) is 0 Å². The maximum absolute atomic E-state index is 13.4. The molecule has 0 radical (unpaired) electrons. The molecule has 1 aromatic heterocycles. The van der Waals surface area contributed by atoms with Gasteiger partial charge in [0.1, 0.15) is 11.9 Å². The van der Waals surface area contributed by atoms with Gasteiger partial charge in [0.05, 0.1) is 21.3 Å². The molecule has 2 heterocycles. The first kappa shape index (κ1) is 27.3. The van der Waals surface area contributed by atoms with Crippen LogP contribution in [0.25, 0.3) is 22.1 Å². The van der Waals surface area contributed by atoms with Crippen molar-refractivity contribution in [3.8, 4) is 34.1 Å². The van der Waals surface area contributed by atoms with Crippen LogP contribution < -0.4 is 29.9 Å². The molecule has 208 valence electrons. The van der Waals surface area contributed by atoms with Gasteiger partial charge in [0.15, 0.2) is 17.1 Å². The Hall–Kier alpha value is -4.30. The number of fused-ring (bicyclic) bond motifs is 1. The van der Waals surface area contributed by atoms with Crippen LogP contribution in [0, 0.1) is 6.92 Å². The Morgan fingerprint density at radius 3 is 2.40 bits per heavy atom. The molecule has 0 atom stereocenters. The van der Waals surface area contributed by atoms with Gasteiger partial charge in [-0.15, -0.1) is 0 Å². The number of carbonyl (C=O) groups excluding carboxylic acids is 1. The van der Waals surface area contributed by atoms with Crippen molar-refractivity contribution >= 4 is 16.8 Å². The van der Waals surface area contributed by atoms with Gasteiger partial charge in [0.2, 0.25) is 11.5 Å². The fraction of sp³-hybridized carbons (Fsp3) is 0.312. The van der Waals surface area contributed by atoms with Gasteiger partial charge in [0, 0.05) is 28.5 Å². The second-order valence-corrected chi connectivity index (χ2v) is 9.87. The van der Waals surface area contributed by atoms with Gasteiger partial charge in [-0.25, -0.2) is 4.79 Å². The lowest BCUT2D eigenvalue weighted by Crippen LogP contribution is -2.34. The number of hydrogen-bond donors (Lipinski definition) is 1. The number of carbonyl (C=O) groups is 1. The lowest BCUT2D eigenvalue weighted by molar-refractivity contribution is 0.0992. The monoisotopic (exact) mass is 543 g/mol. The Labute approximate surface area is 232 Å². The van der Waals surface area contributed by atoms with Crippen LogP contribution in [0.4, 0.5) is 0 Å². The quantitative estimate of drug-likeness (QED) is 0.223. The number of hydrogen-bond acceptors (Lipinski definition) is 8. The van der Waals surface area contributed by atoms with E-state index < -0.39 is 5.63 Å². The summed E-state index contributed by atoms with van der Waals surface area (Å²) in [7, 11) is 4.65. The van der Waals surface area contributed by atoms with Gasteiger partial charge in [-0.05, 0) is 68.8 Å². The molecule has 1 fully saturated rings. The smallest absolute Gasteiger partial charge is 0.340 e. The second-order valence-electron chi connectivity index (χ2n) is 9.87. The van der Waals surface area contributed by atoms with E-state index in [1.165, 1.54) is 7.11 Å². The number of aryl methyl sites for hydroxylation is 1. The van der Waals surface area contributed by atoms with Gasteiger partial charge < -0.3 is 28.7 Å². The average molecular weight is 544 g/mol. The summed E-state index contributed by atoms with van der Waals surface area (Å²) in [5, 5.41) is 3.88. The molecule has 1 N–H and O–H groups in total. The van der Waals surface area contributed by atoms with Crippen molar-refractivity contribution in [2.75, 3.05) is 34.4 Å². The Morgan fingerprint density at radius 1 is 0.925 bits per heavy atom. The Bertz CT molecular complexity index is 1600. The molecule has 0 unspecified atom stereocenters. The molecule has 5 rings (SSSR count). The molecule has 0 spiro atoms. The molecule has 1 saturated heterocycles. The van der Waals surface area contributed by atoms with E-state index >= 15 is 0 Å². The minimum Gasteiger partial charge on any atom is -0.496 e. The first-order valence-electron chi connectivity index (χ1n) is 13.3. The van der Waals surface area contributed by atoms with Crippen LogP contribution in [0.3, 0.4) is 0 Å². The average Bonchev–Trinajstić information content (AvgIpc) is 2.97. The van der Waals surface area contributed by atoms with Gasteiger partial charge in [-0.1, -0.05) is 29.8 Å². The summed E-state index contributed by atoms with van der Waals surface area (Å²) in [6, 6.07) is 16.7. The third kappa shape index (κ3) is 5.53. The van der Waals surface area contributed by atoms with Crippen molar-refractivity contribution in [2.45, 2.75) is 32.3 Å². The third-order valence-electron chi connectivity index (χ3n) is 7.17. The largest absolute Gasteiger partial charge is 0.496 e. The molecular formula is C32H33NO7. The molecule has 8 nitrogen and oxygen atoms in total. The fourth-order valence-corrected chi connectivity index (χ4v) is 5.08. The van der Waals surface area contributed by atoms with Crippen LogP contribution in [-0.4, -0.2) is 46.3 Å². The van der Waals surface area contributed by atoms with Crippen LogP contribution in [-0.2, 0) is 6.42 Å². The number of ketones is 1. The van der Waals surface area contributed by atoms with Crippen LogP contribution >= 0.6 is 0 Å². The summed E-state index contributed by atoms with van der Waals surface area (Å²) in [6.07, 6.45) is 1.54. The first-order chi connectivity index (χ1) is 19.4. The predicted octanol–water partition coefficient (Wildman–Crippen LogP) is 5.35. The van der Waals surface area contributed by atoms with Crippen LogP contribution in [0.1, 0.15) is 34.3 Å². The lowest BCUT2D eigenvalue weighted by atomic mass is 9.97. The summed E-state index contributed by atoms with van der Waals surface area (Å²) in [6.45, 7) is 3.72. The Kier molecular flexibility index (Phi) is 8.07. The number of benzene rings is 3. The highest BCUT2D eigenvalue weighted by Gasteiger charge is 2.25. The molecule has 0 aliphatic carbocycles. The molecule has 1 aliphatic heterocycles. The van der Waals surface area contributed by atoms with Crippen molar-refractivity contribution in [1.82, 2.24) is 5.32 Å². The number of nitrogens with one attached hydrogen (secondary N) is 1. The summed E-state index contributed by atoms with van der Waals surface area (Å²) >= 11 is 0. The number of rotatable bonds is 9. The number of Topliss-reactive ketones (excluding diaryl/α,β-unsaturated/α-hetero) is 1. The van der Waals surface area contributed by atoms with Gasteiger partial charge in [0.25, 0.3) is 0 Å². The van der Waals surface area contributed by atoms with E-state index in [0.29, 0.717) is 33.9 Å². The van der Waals surface area contributed by atoms with E-state index in [0.717, 1.165) is 42.6 Å². The van der Waals surface area contributed by atoms with E-state index in [4.69, 9.17) is 23.4 Å². The zero-order chi connectivity index (χ0) is 28.2. The zero-order valence-corrected chi connectivity index (χ0v) is 23.2. The standard InChI is InChI=1S/C32H33NO7/c1-19-6-5-7-20(14-19)25-16-21(8-9-27(25)36-2)26(34)17-23-15-22-18-28(37-3)30(39-24-10-12-33-13-11-24)31(38-4)29(22)40-32(23)35/h5-9,14-16,18,24,33H,10-13,17H2,1-4H3. The van der Waals surface area contributed by atoms with E-state index in [9.17, 15) is 9.59 Å². The summed E-state index contributed by atoms with van der Waals surface area (Å²) in [4.78, 5) is 26.5. The topological polar surface area (TPSA) is 96.2 Å². The predicted molar refractivity (Wildman–Crippen MR) is 153 cm³/mol. The molecule has 3 aromatic carbocycles. The highest BCUT2D eigenvalue weighted by molar-refractivity contribution is 5.99. The molecule has 0 amide bonds. The molecule has 0 saturated carbocycles. The van der Waals surface area contributed by atoms with E-state index in [1.54, 1.807) is 44.6 Å². The summed E-state index contributed by atoms with van der Waals surface area (Å²) < 4.78 is 28.8. The highest BCUT2D eigenvalue weighted by atomic mass is 16.5. The van der Waals surface area contributed by atoms with E-state index in [1.807, 2.05) is 31.2 Å². The van der Waals surface area contributed by atoms with E-state index in [2.05, 4.69) is 5.32 Å². The van der Waals surface area contributed by atoms with E-state index in [-0.39, 0.29) is 29.5 Å². The van der Waals surface area contributed by atoms with Crippen molar-refractivity contribution in [3.05, 3.63) is 81.7 Å². The lowest BCUT2D eigenvalue weighted by Gasteiger charge is -2.25. The molecule has 1 aliphatic rings. The highest BCUT2D eigenvalue weighted by Crippen LogP contribution is 2.44. The van der Waals surface area contributed by atoms with Crippen molar-refractivity contribution in [1.29, 1.82) is 0 Å². The summed E-state index contributed by atoms with van der Waals surface area (Å²) in [5.74, 6) is 1.60. The SMILES string of the molecule is COc1ccc(C(=O)Cc2cc3cc(OC)c(OC4CCNCC4)c(OC)c3oc2=O)cc1-c1cccc(C)c1. The molecule has 4 aromatic rings. The van der Waals surface area contributed by atoms with Crippen LogP contribution in [0.15, 0.2) is 63.8 Å². The van der Waals surface area contributed by atoms with Gasteiger partial charge in [-0.2, -0.15) is 0 Å². The molecule has 0 bridgehead atoms. The normalized spacial score (nSPS) is 13.7. The van der Waals surface area contributed by atoms with Crippen molar-refractivity contribution in [2.24, 2.45) is 0 Å². The number of piperidine rings is 1. The second kappa shape index (κ2) is 11.8.